The summed E-state index contributed by atoms with van der Waals surface area (Å²) in [4.78, 5) is 13.0. The monoisotopic (exact) mass is 299 g/mol. The predicted octanol–water partition coefficient (Wildman–Crippen LogP) is 3.63. The fourth-order valence-corrected chi connectivity index (χ4v) is 2.20. The van der Waals surface area contributed by atoms with Crippen LogP contribution in [0.25, 0.3) is 0 Å². The molecule has 0 aliphatic carbocycles. The molecule has 94 valence electrons. The van der Waals surface area contributed by atoms with Crippen molar-refractivity contribution >= 4 is 27.6 Å². The molecule has 1 N–H and O–H groups in total. The first-order chi connectivity index (χ1) is 7.69. The van der Waals surface area contributed by atoms with E-state index in [9.17, 15) is 4.79 Å². The van der Waals surface area contributed by atoms with Crippen LogP contribution in [0.5, 0.6) is 0 Å². The molecule has 0 saturated carbocycles. The van der Waals surface area contributed by atoms with Crippen LogP contribution in [0, 0.1) is 5.41 Å². The molecule has 0 aliphatic heterocycles. The van der Waals surface area contributed by atoms with Crippen molar-refractivity contribution in [1.29, 1.82) is 0 Å². The van der Waals surface area contributed by atoms with Crippen LogP contribution >= 0.6 is 15.9 Å². The van der Waals surface area contributed by atoms with Gasteiger partial charge in [-0.25, -0.2) is 4.79 Å². The zero-order valence-corrected chi connectivity index (χ0v) is 12.2. The summed E-state index contributed by atoms with van der Waals surface area (Å²) >= 11 is 3.34. The van der Waals surface area contributed by atoms with E-state index in [2.05, 4.69) is 41.6 Å². The SMILES string of the molecule is CN(CC(C)(C)C)c1cc(Br)cc(C(=O)O)c1. The van der Waals surface area contributed by atoms with Gasteiger partial charge in [0.25, 0.3) is 0 Å². The van der Waals surface area contributed by atoms with E-state index in [0.717, 1.165) is 16.7 Å². The molecule has 1 aromatic carbocycles. The van der Waals surface area contributed by atoms with Gasteiger partial charge in [-0.15, -0.1) is 0 Å². The maximum Gasteiger partial charge on any atom is 0.335 e. The number of benzene rings is 1. The number of carbonyl (C=O) groups is 1. The molecule has 0 radical (unpaired) electrons. The van der Waals surface area contributed by atoms with Crippen molar-refractivity contribution in [1.82, 2.24) is 0 Å². The lowest BCUT2D eigenvalue weighted by Crippen LogP contribution is -2.29. The van der Waals surface area contributed by atoms with Gasteiger partial charge in [0.15, 0.2) is 0 Å². The van der Waals surface area contributed by atoms with Gasteiger partial charge in [0.05, 0.1) is 5.56 Å². The molecule has 0 atom stereocenters. The Hall–Kier alpha value is -1.03. The summed E-state index contributed by atoms with van der Waals surface area (Å²) in [6.07, 6.45) is 0. The Morgan fingerprint density at radius 1 is 1.35 bits per heavy atom. The number of aromatic carboxylic acids is 1. The molecule has 0 fully saturated rings. The van der Waals surface area contributed by atoms with Crippen LogP contribution in [0.1, 0.15) is 31.1 Å². The van der Waals surface area contributed by atoms with Gasteiger partial charge in [0.2, 0.25) is 0 Å². The fourth-order valence-electron chi connectivity index (χ4n) is 1.72. The molecule has 0 aliphatic rings. The average molecular weight is 300 g/mol. The highest BCUT2D eigenvalue weighted by Crippen LogP contribution is 2.25. The lowest BCUT2D eigenvalue weighted by molar-refractivity contribution is 0.0697. The van der Waals surface area contributed by atoms with E-state index < -0.39 is 5.97 Å². The van der Waals surface area contributed by atoms with Crippen LogP contribution in [0.4, 0.5) is 5.69 Å². The second-order valence-corrected chi connectivity index (χ2v) is 6.34. The van der Waals surface area contributed by atoms with Crippen molar-refractivity contribution in [3.63, 3.8) is 0 Å². The maximum absolute atomic E-state index is 11.0. The largest absolute Gasteiger partial charge is 0.478 e. The van der Waals surface area contributed by atoms with E-state index in [0.29, 0.717) is 5.56 Å². The van der Waals surface area contributed by atoms with Crippen LogP contribution in [0.2, 0.25) is 0 Å². The number of halogens is 1. The molecule has 0 aromatic heterocycles. The summed E-state index contributed by atoms with van der Waals surface area (Å²) in [5, 5.41) is 9.01. The quantitative estimate of drug-likeness (QED) is 0.926. The number of carboxylic acid groups (broad SMARTS) is 1. The van der Waals surface area contributed by atoms with Gasteiger partial charge in [0.1, 0.15) is 0 Å². The zero-order valence-electron chi connectivity index (χ0n) is 10.6. The van der Waals surface area contributed by atoms with Crippen LogP contribution in [0.3, 0.4) is 0 Å². The van der Waals surface area contributed by atoms with E-state index in [1.165, 1.54) is 0 Å². The minimum Gasteiger partial charge on any atom is -0.478 e. The Morgan fingerprint density at radius 3 is 2.41 bits per heavy atom. The van der Waals surface area contributed by atoms with Crippen molar-refractivity contribution in [3.05, 3.63) is 28.2 Å². The van der Waals surface area contributed by atoms with Gasteiger partial charge < -0.3 is 10.0 Å². The van der Waals surface area contributed by atoms with E-state index in [4.69, 9.17) is 5.11 Å². The zero-order chi connectivity index (χ0) is 13.2. The number of anilines is 1. The number of rotatable bonds is 3. The van der Waals surface area contributed by atoms with Crippen LogP contribution in [-0.2, 0) is 0 Å². The Bertz CT molecular complexity index is 424. The number of hydrogen-bond donors (Lipinski definition) is 1. The van der Waals surface area contributed by atoms with Gasteiger partial charge in [-0.1, -0.05) is 36.7 Å². The number of nitrogens with zero attached hydrogens (tertiary/aromatic N) is 1. The van der Waals surface area contributed by atoms with Crippen LogP contribution < -0.4 is 4.90 Å². The first kappa shape index (κ1) is 14.0. The first-order valence-electron chi connectivity index (χ1n) is 5.44. The Labute approximate surface area is 111 Å². The topological polar surface area (TPSA) is 40.5 Å². The Balaban J connectivity index is 3.01. The van der Waals surface area contributed by atoms with E-state index >= 15 is 0 Å². The predicted molar refractivity (Wildman–Crippen MR) is 73.8 cm³/mol. The molecule has 0 unspecified atom stereocenters. The van der Waals surface area contributed by atoms with Crippen molar-refractivity contribution in [2.45, 2.75) is 20.8 Å². The fraction of sp³-hybridized carbons (Fsp3) is 0.462. The molecule has 0 bridgehead atoms. The minimum absolute atomic E-state index is 0.167. The molecule has 0 amide bonds. The van der Waals surface area contributed by atoms with Gasteiger partial charge in [-0.05, 0) is 23.6 Å². The van der Waals surface area contributed by atoms with Gasteiger partial charge in [0, 0.05) is 23.8 Å². The van der Waals surface area contributed by atoms with E-state index in [1.54, 1.807) is 12.1 Å². The highest BCUT2D eigenvalue weighted by atomic mass is 79.9. The van der Waals surface area contributed by atoms with Gasteiger partial charge in [-0.3, -0.25) is 0 Å². The average Bonchev–Trinajstić information content (AvgIpc) is 2.13. The third kappa shape index (κ3) is 4.38. The van der Waals surface area contributed by atoms with Gasteiger partial charge in [-0.2, -0.15) is 0 Å². The first-order valence-corrected chi connectivity index (χ1v) is 6.23. The smallest absolute Gasteiger partial charge is 0.335 e. The molecule has 1 aromatic rings. The second-order valence-electron chi connectivity index (χ2n) is 5.42. The molecular formula is C13H18BrNO2. The third-order valence-electron chi connectivity index (χ3n) is 2.28. The molecule has 0 spiro atoms. The summed E-state index contributed by atoms with van der Waals surface area (Å²) in [7, 11) is 1.97. The number of carboxylic acids is 1. The number of hydrogen-bond acceptors (Lipinski definition) is 2. The Morgan fingerprint density at radius 2 is 1.94 bits per heavy atom. The van der Waals surface area contributed by atoms with Crippen LogP contribution in [-0.4, -0.2) is 24.7 Å². The van der Waals surface area contributed by atoms with Crippen LogP contribution in [0.15, 0.2) is 22.7 Å². The molecular weight excluding hydrogens is 282 g/mol. The molecule has 17 heavy (non-hydrogen) atoms. The van der Waals surface area contributed by atoms with Crippen molar-refractivity contribution < 1.29 is 9.90 Å². The van der Waals surface area contributed by atoms with Crippen molar-refractivity contribution in [2.75, 3.05) is 18.5 Å². The molecule has 4 heteroatoms. The lowest BCUT2D eigenvalue weighted by Gasteiger charge is -2.28. The van der Waals surface area contributed by atoms with E-state index in [1.807, 2.05) is 13.1 Å². The summed E-state index contributed by atoms with van der Waals surface area (Å²) in [5.41, 5.74) is 1.38. The van der Waals surface area contributed by atoms with Crippen molar-refractivity contribution in [3.8, 4) is 0 Å². The minimum atomic E-state index is -0.906. The summed E-state index contributed by atoms with van der Waals surface area (Å²) in [6.45, 7) is 7.32. The lowest BCUT2D eigenvalue weighted by atomic mass is 9.96. The molecule has 3 nitrogen and oxygen atoms in total. The summed E-state index contributed by atoms with van der Waals surface area (Å²) < 4.78 is 0.785. The third-order valence-corrected chi connectivity index (χ3v) is 2.74. The van der Waals surface area contributed by atoms with Gasteiger partial charge >= 0.3 is 5.97 Å². The van der Waals surface area contributed by atoms with Crippen molar-refractivity contribution in [2.24, 2.45) is 5.41 Å². The normalized spacial score (nSPS) is 11.4. The van der Waals surface area contributed by atoms with E-state index in [-0.39, 0.29) is 5.41 Å². The highest BCUT2D eigenvalue weighted by molar-refractivity contribution is 9.10. The molecule has 1 rings (SSSR count). The highest BCUT2D eigenvalue weighted by Gasteiger charge is 2.15. The molecule has 0 heterocycles. The Kier molecular flexibility index (Phi) is 4.20. The standard InChI is InChI=1S/C13H18BrNO2/c1-13(2,3)8-15(4)11-6-9(12(16)17)5-10(14)7-11/h5-7H,8H2,1-4H3,(H,16,17). The molecule has 0 saturated heterocycles. The summed E-state index contributed by atoms with van der Waals surface area (Å²) in [5.74, 6) is -0.906. The summed E-state index contributed by atoms with van der Waals surface area (Å²) in [6, 6.07) is 5.23. The second kappa shape index (κ2) is 5.08. The maximum atomic E-state index is 11.0.